The van der Waals surface area contributed by atoms with Crippen molar-refractivity contribution in [2.45, 2.75) is 72.0 Å². The number of nitriles is 1. The van der Waals surface area contributed by atoms with Crippen LogP contribution < -0.4 is 10.5 Å². The van der Waals surface area contributed by atoms with Gasteiger partial charge in [-0.1, -0.05) is 55.8 Å². The Morgan fingerprint density at radius 2 is 1.76 bits per heavy atom. The number of piperidine rings is 1. The Morgan fingerprint density at radius 1 is 1.08 bits per heavy atom. The second-order valence-electron chi connectivity index (χ2n) is 10.5. The summed E-state index contributed by atoms with van der Waals surface area (Å²) in [5.74, 6) is 1.85. The van der Waals surface area contributed by atoms with Crippen molar-refractivity contribution in [1.82, 2.24) is 14.7 Å². The topological polar surface area (TPSA) is 68.8 Å². The molecule has 3 aliphatic rings. The van der Waals surface area contributed by atoms with Gasteiger partial charge in [-0.05, 0) is 50.3 Å². The van der Waals surface area contributed by atoms with Crippen molar-refractivity contribution in [1.29, 1.82) is 5.26 Å². The molecule has 0 saturated carbocycles. The Labute approximate surface area is 229 Å². The zero-order chi connectivity index (χ0) is 27.4. The van der Waals surface area contributed by atoms with Crippen molar-refractivity contribution >= 4 is 5.69 Å². The molecule has 0 unspecified atom stereocenters. The normalized spacial score (nSPS) is 18.1. The summed E-state index contributed by atoms with van der Waals surface area (Å²) >= 11 is 0. The van der Waals surface area contributed by atoms with E-state index >= 15 is 0 Å². The van der Waals surface area contributed by atoms with E-state index in [1.807, 2.05) is 19.9 Å². The molecule has 0 amide bonds. The summed E-state index contributed by atoms with van der Waals surface area (Å²) < 4.78 is 5.69. The molecule has 3 aliphatic heterocycles. The lowest BCUT2D eigenvalue weighted by Gasteiger charge is -2.45. The third-order valence-electron chi connectivity index (χ3n) is 8.10. The van der Waals surface area contributed by atoms with Gasteiger partial charge in [0.1, 0.15) is 11.6 Å². The third kappa shape index (κ3) is 5.13. The lowest BCUT2D eigenvalue weighted by Crippen LogP contribution is -2.52. The number of rotatable bonds is 5. The number of anilines is 1. The SMILES string of the molecule is C=C1N2Cc3cc(N)cc(OC)c3CC=C2C2(CCN(Cc3cc(C)cc(C)c3)CC2)N1CCC#N.CC. The molecule has 2 N–H and O–H groups in total. The van der Waals surface area contributed by atoms with Gasteiger partial charge in [-0.25, -0.2) is 0 Å². The molecule has 2 aromatic carbocycles. The summed E-state index contributed by atoms with van der Waals surface area (Å²) in [4.78, 5) is 7.36. The zero-order valence-electron chi connectivity index (χ0n) is 23.8. The van der Waals surface area contributed by atoms with E-state index < -0.39 is 0 Å². The summed E-state index contributed by atoms with van der Waals surface area (Å²) in [5, 5.41) is 9.40. The number of nitrogens with two attached hydrogens (primary N) is 1. The predicted octanol–water partition coefficient (Wildman–Crippen LogP) is 5.90. The molecule has 0 aliphatic carbocycles. The molecule has 0 aromatic heterocycles. The molecule has 2 fully saturated rings. The number of hydrogen-bond donors (Lipinski definition) is 1. The average Bonchev–Trinajstić information content (AvgIpc) is 3.01. The molecular weight excluding hydrogens is 470 g/mol. The molecule has 6 heteroatoms. The van der Waals surface area contributed by atoms with Gasteiger partial charge in [-0.3, -0.25) is 4.90 Å². The maximum Gasteiger partial charge on any atom is 0.124 e. The van der Waals surface area contributed by atoms with Gasteiger partial charge in [-0.15, -0.1) is 0 Å². The van der Waals surface area contributed by atoms with E-state index in [-0.39, 0.29) is 5.54 Å². The fraction of sp³-hybridized carbons (Fsp3) is 0.469. The maximum atomic E-state index is 9.40. The van der Waals surface area contributed by atoms with E-state index in [4.69, 9.17) is 10.5 Å². The number of likely N-dealkylation sites (tertiary alicyclic amines) is 1. The zero-order valence-corrected chi connectivity index (χ0v) is 23.8. The van der Waals surface area contributed by atoms with Gasteiger partial charge in [0.2, 0.25) is 0 Å². The van der Waals surface area contributed by atoms with Crippen LogP contribution in [0.2, 0.25) is 0 Å². The number of nitrogens with zero attached hydrogens (tertiary/aromatic N) is 4. The minimum atomic E-state index is -0.131. The molecule has 202 valence electrons. The summed E-state index contributed by atoms with van der Waals surface area (Å²) in [6, 6.07) is 13.2. The van der Waals surface area contributed by atoms with Crippen molar-refractivity contribution < 1.29 is 4.74 Å². The molecule has 2 saturated heterocycles. The van der Waals surface area contributed by atoms with Gasteiger partial charge < -0.3 is 20.3 Å². The highest BCUT2D eigenvalue weighted by atomic mass is 16.5. The number of methoxy groups -OCH3 is 1. The first kappa shape index (κ1) is 27.6. The van der Waals surface area contributed by atoms with Crippen LogP contribution >= 0.6 is 0 Å². The first-order chi connectivity index (χ1) is 18.3. The van der Waals surface area contributed by atoms with Crippen molar-refractivity contribution in [2.75, 3.05) is 32.5 Å². The molecule has 3 heterocycles. The smallest absolute Gasteiger partial charge is 0.124 e. The predicted molar refractivity (Wildman–Crippen MR) is 155 cm³/mol. The molecular formula is C32H43N5O. The van der Waals surface area contributed by atoms with Crippen molar-refractivity contribution in [3.05, 3.63) is 82.3 Å². The summed E-state index contributed by atoms with van der Waals surface area (Å²) in [7, 11) is 1.71. The van der Waals surface area contributed by atoms with Gasteiger partial charge >= 0.3 is 0 Å². The fourth-order valence-corrected chi connectivity index (χ4v) is 6.58. The minimum Gasteiger partial charge on any atom is -0.496 e. The molecule has 38 heavy (non-hydrogen) atoms. The van der Waals surface area contributed by atoms with Crippen LogP contribution in [0.1, 0.15) is 60.9 Å². The van der Waals surface area contributed by atoms with E-state index in [0.29, 0.717) is 13.0 Å². The van der Waals surface area contributed by atoms with Crippen LogP contribution in [0.3, 0.4) is 0 Å². The highest BCUT2D eigenvalue weighted by molar-refractivity contribution is 5.55. The van der Waals surface area contributed by atoms with Crippen LogP contribution in [0.5, 0.6) is 5.75 Å². The Hall–Kier alpha value is -3.43. The van der Waals surface area contributed by atoms with Gasteiger partial charge in [0.25, 0.3) is 0 Å². The van der Waals surface area contributed by atoms with Crippen molar-refractivity contribution in [2.24, 2.45) is 0 Å². The second kappa shape index (κ2) is 11.5. The Morgan fingerprint density at radius 3 is 2.39 bits per heavy atom. The second-order valence-corrected chi connectivity index (χ2v) is 10.5. The van der Waals surface area contributed by atoms with E-state index in [1.54, 1.807) is 7.11 Å². The van der Waals surface area contributed by atoms with E-state index in [1.165, 1.54) is 33.5 Å². The molecule has 5 rings (SSSR count). The number of fused-ring (bicyclic) bond motifs is 3. The molecule has 0 bridgehead atoms. The Bertz CT molecular complexity index is 1230. The quantitative estimate of drug-likeness (QED) is 0.502. The van der Waals surface area contributed by atoms with Crippen molar-refractivity contribution in [3.8, 4) is 11.8 Å². The first-order valence-electron chi connectivity index (χ1n) is 13.9. The van der Waals surface area contributed by atoms with E-state index in [0.717, 1.165) is 62.7 Å². The van der Waals surface area contributed by atoms with E-state index in [2.05, 4.69) is 71.5 Å². The fourth-order valence-electron chi connectivity index (χ4n) is 6.58. The average molecular weight is 514 g/mol. The monoisotopic (exact) mass is 513 g/mol. The van der Waals surface area contributed by atoms with Crippen molar-refractivity contribution in [3.63, 3.8) is 0 Å². The number of allylic oxidation sites excluding steroid dienone is 1. The number of hydrogen-bond acceptors (Lipinski definition) is 6. The van der Waals surface area contributed by atoms with Crippen LogP contribution in [0.4, 0.5) is 5.69 Å². The largest absolute Gasteiger partial charge is 0.496 e. The Balaban J connectivity index is 0.00000164. The van der Waals surface area contributed by atoms with Crippen LogP contribution in [0.25, 0.3) is 0 Å². The molecule has 6 nitrogen and oxygen atoms in total. The first-order valence-corrected chi connectivity index (χ1v) is 13.9. The lowest BCUT2D eigenvalue weighted by atomic mass is 9.82. The minimum absolute atomic E-state index is 0.131. The van der Waals surface area contributed by atoms with Gasteiger partial charge in [-0.2, -0.15) is 5.26 Å². The van der Waals surface area contributed by atoms with Gasteiger partial charge in [0, 0.05) is 55.7 Å². The van der Waals surface area contributed by atoms with Crippen LogP contribution in [0, 0.1) is 25.2 Å². The standard InChI is InChI=1S/C30H37N5O.C2H6/c1-21-14-22(2)16-24(15-21)19-33-12-8-30(9-13-33)29-7-6-27-25(17-26(32)18-28(27)36-4)20-34(29)23(3)35(30)11-5-10-31;1-2/h7,14-18H,3,5-6,8-9,11-13,19-20,32H2,1-2,4H3;1-2H3. The molecule has 0 atom stereocenters. The highest BCUT2D eigenvalue weighted by Gasteiger charge is 2.52. The molecule has 1 spiro atoms. The van der Waals surface area contributed by atoms with Crippen LogP contribution in [0.15, 0.2) is 54.5 Å². The molecule has 2 aromatic rings. The summed E-state index contributed by atoms with van der Waals surface area (Å²) in [6.07, 6.45) is 5.70. The Kier molecular flexibility index (Phi) is 8.38. The van der Waals surface area contributed by atoms with Gasteiger partial charge in [0.05, 0.1) is 25.1 Å². The highest BCUT2D eigenvalue weighted by Crippen LogP contribution is 2.49. The molecule has 0 radical (unpaired) electrons. The number of aryl methyl sites for hydroxylation is 2. The summed E-state index contributed by atoms with van der Waals surface area (Å²) in [5.41, 5.74) is 14.5. The van der Waals surface area contributed by atoms with Gasteiger partial charge in [0.15, 0.2) is 0 Å². The van der Waals surface area contributed by atoms with Crippen LogP contribution in [-0.2, 0) is 19.5 Å². The third-order valence-corrected chi connectivity index (χ3v) is 8.10. The number of ether oxygens (including phenoxy) is 1. The number of nitrogen functional groups attached to an aromatic ring is 1. The summed E-state index contributed by atoms with van der Waals surface area (Å²) in [6.45, 7) is 17.3. The van der Waals surface area contributed by atoms with E-state index in [9.17, 15) is 5.26 Å². The maximum absolute atomic E-state index is 9.40. The van der Waals surface area contributed by atoms with Crippen LogP contribution in [-0.4, -0.2) is 47.0 Å². The lowest BCUT2D eigenvalue weighted by molar-refractivity contribution is 0.0871. The number of benzene rings is 2.